The van der Waals surface area contributed by atoms with Crippen molar-refractivity contribution in [3.63, 3.8) is 0 Å². The molecular weight excluding hydrogens is 240 g/mol. The molecule has 2 heterocycles. The zero-order valence-corrected chi connectivity index (χ0v) is 12.3. The number of nitrogens with zero attached hydrogens (tertiary/aromatic N) is 3. The summed E-state index contributed by atoms with van der Waals surface area (Å²) in [4.78, 5) is 14.6. The van der Waals surface area contributed by atoms with Gasteiger partial charge in [-0.3, -0.25) is 9.48 Å². The molecule has 1 fully saturated rings. The van der Waals surface area contributed by atoms with E-state index in [9.17, 15) is 4.79 Å². The number of aryl methyl sites for hydroxylation is 1. The van der Waals surface area contributed by atoms with Gasteiger partial charge in [0.05, 0.1) is 0 Å². The van der Waals surface area contributed by atoms with Gasteiger partial charge in [-0.2, -0.15) is 5.10 Å². The Morgan fingerprint density at radius 1 is 1.42 bits per heavy atom. The number of aromatic nitrogens is 2. The number of carbonyl (C=O) groups is 1. The van der Waals surface area contributed by atoms with Gasteiger partial charge in [-0.15, -0.1) is 0 Å². The predicted octanol–water partition coefficient (Wildman–Crippen LogP) is 1.41. The number of amides is 1. The highest BCUT2D eigenvalue weighted by Crippen LogP contribution is 2.23. The summed E-state index contributed by atoms with van der Waals surface area (Å²) in [6.07, 6.45) is 3.77. The molecule has 0 saturated carbocycles. The highest BCUT2D eigenvalue weighted by Gasteiger charge is 2.32. The number of carbonyl (C=O) groups excluding carboxylic acids is 1. The number of piperidine rings is 1. The first kappa shape index (κ1) is 14.1. The standard InChI is InChI=1S/C14H24N4O/c1-11(2)18-9-6-14(3,7-10-18)15-13(19)12-5-8-17(4)16-12/h5,8,11H,6-7,9-10H2,1-4H3,(H,15,19). The maximum Gasteiger partial charge on any atom is 0.272 e. The average Bonchev–Trinajstić information content (AvgIpc) is 2.76. The van der Waals surface area contributed by atoms with Crippen LogP contribution in [-0.2, 0) is 7.05 Å². The summed E-state index contributed by atoms with van der Waals surface area (Å²) >= 11 is 0. The van der Waals surface area contributed by atoms with E-state index < -0.39 is 0 Å². The second kappa shape index (κ2) is 5.33. The van der Waals surface area contributed by atoms with Gasteiger partial charge in [0, 0.05) is 37.9 Å². The molecule has 1 amide bonds. The van der Waals surface area contributed by atoms with E-state index in [1.54, 1.807) is 16.9 Å². The van der Waals surface area contributed by atoms with Gasteiger partial charge in [0.2, 0.25) is 0 Å². The van der Waals surface area contributed by atoms with Crippen LogP contribution in [0.4, 0.5) is 0 Å². The lowest BCUT2D eigenvalue weighted by atomic mass is 9.89. The van der Waals surface area contributed by atoms with Crippen LogP contribution in [0.5, 0.6) is 0 Å². The molecule has 5 heteroatoms. The summed E-state index contributed by atoms with van der Waals surface area (Å²) in [5, 5.41) is 7.29. The van der Waals surface area contributed by atoms with Crippen molar-refractivity contribution in [2.24, 2.45) is 7.05 Å². The first-order valence-corrected chi connectivity index (χ1v) is 6.96. The van der Waals surface area contributed by atoms with Crippen molar-refractivity contribution in [3.05, 3.63) is 18.0 Å². The van der Waals surface area contributed by atoms with E-state index in [1.165, 1.54) is 0 Å². The fourth-order valence-corrected chi connectivity index (χ4v) is 2.53. The molecule has 106 valence electrons. The Balaban J connectivity index is 1.94. The lowest BCUT2D eigenvalue weighted by molar-refractivity contribution is 0.0796. The third kappa shape index (κ3) is 3.35. The van der Waals surface area contributed by atoms with Crippen LogP contribution in [0, 0.1) is 0 Å². The van der Waals surface area contributed by atoms with Crippen LogP contribution in [0.3, 0.4) is 0 Å². The van der Waals surface area contributed by atoms with Gasteiger partial charge in [-0.25, -0.2) is 0 Å². The Bertz CT molecular complexity index is 444. The molecule has 0 radical (unpaired) electrons. The highest BCUT2D eigenvalue weighted by molar-refractivity contribution is 5.92. The number of hydrogen-bond donors (Lipinski definition) is 1. The Morgan fingerprint density at radius 3 is 2.53 bits per heavy atom. The molecule has 1 aliphatic rings. The van der Waals surface area contributed by atoms with Crippen LogP contribution < -0.4 is 5.32 Å². The van der Waals surface area contributed by atoms with Gasteiger partial charge in [0.1, 0.15) is 5.69 Å². The lowest BCUT2D eigenvalue weighted by Crippen LogP contribution is -2.54. The van der Waals surface area contributed by atoms with Gasteiger partial charge in [-0.1, -0.05) is 0 Å². The van der Waals surface area contributed by atoms with Crippen molar-refractivity contribution in [1.82, 2.24) is 20.0 Å². The number of likely N-dealkylation sites (tertiary alicyclic amines) is 1. The first-order chi connectivity index (χ1) is 8.89. The summed E-state index contributed by atoms with van der Waals surface area (Å²) < 4.78 is 1.65. The van der Waals surface area contributed by atoms with Crippen molar-refractivity contribution >= 4 is 5.91 Å². The maximum atomic E-state index is 12.1. The minimum absolute atomic E-state index is 0.0684. The van der Waals surface area contributed by atoms with Gasteiger partial charge in [0.15, 0.2) is 0 Å². The maximum absolute atomic E-state index is 12.1. The molecule has 0 bridgehead atoms. The van der Waals surface area contributed by atoms with Crippen LogP contribution in [-0.4, -0.2) is 45.3 Å². The van der Waals surface area contributed by atoms with Crippen LogP contribution in [0.25, 0.3) is 0 Å². The van der Waals surface area contributed by atoms with Crippen molar-refractivity contribution in [2.45, 2.75) is 45.2 Å². The van der Waals surface area contributed by atoms with E-state index in [2.05, 4.69) is 36.1 Å². The van der Waals surface area contributed by atoms with E-state index in [0.29, 0.717) is 11.7 Å². The monoisotopic (exact) mass is 264 g/mol. The molecule has 1 aromatic heterocycles. The van der Waals surface area contributed by atoms with Crippen molar-refractivity contribution in [1.29, 1.82) is 0 Å². The second-order valence-corrected chi connectivity index (χ2v) is 6.02. The summed E-state index contributed by atoms with van der Waals surface area (Å²) in [6.45, 7) is 8.64. The van der Waals surface area contributed by atoms with Crippen LogP contribution in [0.1, 0.15) is 44.1 Å². The summed E-state index contributed by atoms with van der Waals surface area (Å²) in [6, 6.07) is 2.33. The Morgan fingerprint density at radius 2 is 2.05 bits per heavy atom. The third-order valence-electron chi connectivity index (χ3n) is 3.99. The van der Waals surface area contributed by atoms with Gasteiger partial charge in [0.25, 0.3) is 5.91 Å². The number of nitrogens with one attached hydrogen (secondary N) is 1. The van der Waals surface area contributed by atoms with E-state index in [-0.39, 0.29) is 11.4 Å². The molecule has 0 spiro atoms. The van der Waals surface area contributed by atoms with Crippen LogP contribution in [0.15, 0.2) is 12.3 Å². The number of hydrogen-bond acceptors (Lipinski definition) is 3. The normalized spacial score (nSPS) is 19.6. The molecule has 1 saturated heterocycles. The zero-order chi connectivity index (χ0) is 14.0. The highest BCUT2D eigenvalue weighted by atomic mass is 16.2. The molecular formula is C14H24N4O. The molecule has 1 aromatic rings. The van der Waals surface area contributed by atoms with Crippen LogP contribution >= 0.6 is 0 Å². The smallest absolute Gasteiger partial charge is 0.272 e. The zero-order valence-electron chi connectivity index (χ0n) is 12.3. The summed E-state index contributed by atoms with van der Waals surface area (Å²) in [5.74, 6) is -0.0684. The second-order valence-electron chi connectivity index (χ2n) is 6.02. The Kier molecular flexibility index (Phi) is 3.94. The molecule has 0 atom stereocenters. The molecule has 1 aliphatic heterocycles. The first-order valence-electron chi connectivity index (χ1n) is 6.96. The summed E-state index contributed by atoms with van der Waals surface area (Å²) in [5.41, 5.74) is 0.384. The molecule has 1 N–H and O–H groups in total. The Labute approximate surface area is 115 Å². The van der Waals surface area contributed by atoms with E-state index in [0.717, 1.165) is 25.9 Å². The number of rotatable bonds is 3. The van der Waals surface area contributed by atoms with Crippen LogP contribution in [0.2, 0.25) is 0 Å². The minimum Gasteiger partial charge on any atom is -0.345 e. The predicted molar refractivity (Wildman–Crippen MR) is 75.0 cm³/mol. The molecule has 0 unspecified atom stereocenters. The SMILES string of the molecule is CC(C)N1CCC(C)(NC(=O)c2ccn(C)n2)CC1. The van der Waals surface area contributed by atoms with E-state index in [1.807, 2.05) is 7.05 Å². The van der Waals surface area contributed by atoms with Crippen molar-refractivity contribution in [3.8, 4) is 0 Å². The fourth-order valence-electron chi connectivity index (χ4n) is 2.53. The van der Waals surface area contributed by atoms with Gasteiger partial charge < -0.3 is 10.2 Å². The molecule has 5 nitrogen and oxygen atoms in total. The molecule has 0 aliphatic carbocycles. The van der Waals surface area contributed by atoms with E-state index in [4.69, 9.17) is 0 Å². The van der Waals surface area contributed by atoms with Crippen molar-refractivity contribution < 1.29 is 4.79 Å². The molecule has 19 heavy (non-hydrogen) atoms. The molecule has 0 aromatic carbocycles. The van der Waals surface area contributed by atoms with E-state index >= 15 is 0 Å². The van der Waals surface area contributed by atoms with Gasteiger partial charge in [-0.05, 0) is 39.7 Å². The fraction of sp³-hybridized carbons (Fsp3) is 0.714. The quantitative estimate of drug-likeness (QED) is 0.898. The summed E-state index contributed by atoms with van der Waals surface area (Å²) in [7, 11) is 1.82. The Hall–Kier alpha value is -1.36. The van der Waals surface area contributed by atoms with Gasteiger partial charge >= 0.3 is 0 Å². The van der Waals surface area contributed by atoms with Crippen molar-refractivity contribution in [2.75, 3.05) is 13.1 Å². The minimum atomic E-state index is -0.111. The largest absolute Gasteiger partial charge is 0.345 e. The average molecular weight is 264 g/mol. The third-order valence-corrected chi connectivity index (χ3v) is 3.99. The molecule has 2 rings (SSSR count). The lowest BCUT2D eigenvalue weighted by Gasteiger charge is -2.41. The topological polar surface area (TPSA) is 50.2 Å².